The summed E-state index contributed by atoms with van der Waals surface area (Å²) >= 11 is 0. The van der Waals surface area contributed by atoms with Gasteiger partial charge in [0.25, 0.3) is 5.91 Å². The van der Waals surface area contributed by atoms with Crippen LogP contribution >= 0.6 is 0 Å². The number of aromatic nitrogens is 2. The van der Waals surface area contributed by atoms with E-state index in [2.05, 4.69) is 43.1 Å². The van der Waals surface area contributed by atoms with Crippen molar-refractivity contribution in [2.45, 2.75) is 39.7 Å². The molecule has 0 bridgehead atoms. The maximum absolute atomic E-state index is 13.2. The molecule has 1 atom stereocenters. The highest BCUT2D eigenvalue weighted by Crippen LogP contribution is 2.43. The number of amides is 1. The molecule has 3 aromatic rings. The Kier molecular flexibility index (Phi) is 6.49. The molecule has 1 aliphatic rings. The highest BCUT2D eigenvalue weighted by Gasteiger charge is 2.41. The first kappa shape index (κ1) is 21.9. The molecule has 32 heavy (non-hydrogen) atoms. The summed E-state index contributed by atoms with van der Waals surface area (Å²) in [4.78, 5) is 15.1. The molecule has 0 saturated carbocycles. The Balaban J connectivity index is 1.68. The van der Waals surface area contributed by atoms with Gasteiger partial charge in [-0.25, -0.2) is 0 Å². The summed E-state index contributed by atoms with van der Waals surface area (Å²) in [6, 6.07) is 15.7. The summed E-state index contributed by atoms with van der Waals surface area (Å²) in [5.74, 6) is 2.24. The van der Waals surface area contributed by atoms with Crippen LogP contribution in [0.1, 0.15) is 61.3 Å². The third-order valence-corrected chi connectivity index (χ3v) is 5.85. The van der Waals surface area contributed by atoms with Crippen LogP contribution < -0.4 is 9.47 Å². The van der Waals surface area contributed by atoms with E-state index in [0.717, 1.165) is 46.7 Å². The van der Waals surface area contributed by atoms with Crippen LogP contribution in [-0.2, 0) is 0 Å². The van der Waals surface area contributed by atoms with Crippen LogP contribution in [0.25, 0.3) is 11.3 Å². The second-order valence-electron chi connectivity index (χ2n) is 8.59. The van der Waals surface area contributed by atoms with Gasteiger partial charge in [-0.2, -0.15) is 5.10 Å². The van der Waals surface area contributed by atoms with Crippen molar-refractivity contribution in [1.82, 2.24) is 15.1 Å². The number of carbonyl (C=O) groups is 1. The molecule has 1 N–H and O–H groups in total. The van der Waals surface area contributed by atoms with Gasteiger partial charge in [0.15, 0.2) is 0 Å². The summed E-state index contributed by atoms with van der Waals surface area (Å²) in [5.41, 5.74) is 4.32. The Labute approximate surface area is 189 Å². The van der Waals surface area contributed by atoms with E-state index in [4.69, 9.17) is 9.47 Å². The predicted molar refractivity (Wildman–Crippen MR) is 125 cm³/mol. The zero-order valence-electron chi connectivity index (χ0n) is 19.2. The zero-order chi connectivity index (χ0) is 22.7. The largest absolute Gasteiger partial charge is 0.497 e. The second kappa shape index (κ2) is 9.47. The number of hydrogen-bond donors (Lipinski definition) is 1. The maximum atomic E-state index is 13.2. The van der Waals surface area contributed by atoms with E-state index >= 15 is 0 Å². The number of carbonyl (C=O) groups excluding carboxylic acids is 1. The van der Waals surface area contributed by atoms with Crippen LogP contribution in [0.3, 0.4) is 0 Å². The summed E-state index contributed by atoms with van der Waals surface area (Å²) in [5, 5.41) is 7.52. The van der Waals surface area contributed by atoms with Gasteiger partial charge in [0.2, 0.25) is 0 Å². The van der Waals surface area contributed by atoms with Gasteiger partial charge >= 0.3 is 0 Å². The lowest BCUT2D eigenvalue weighted by Gasteiger charge is -2.26. The van der Waals surface area contributed by atoms with Gasteiger partial charge in [-0.3, -0.25) is 9.89 Å². The van der Waals surface area contributed by atoms with E-state index in [1.807, 2.05) is 41.3 Å². The summed E-state index contributed by atoms with van der Waals surface area (Å²) < 4.78 is 11.2. The highest BCUT2D eigenvalue weighted by molar-refractivity contribution is 6.00. The first-order chi connectivity index (χ1) is 15.5. The highest BCUT2D eigenvalue weighted by atomic mass is 16.5. The van der Waals surface area contributed by atoms with Crippen molar-refractivity contribution in [2.75, 3.05) is 20.3 Å². The lowest BCUT2D eigenvalue weighted by molar-refractivity contribution is 0.0744. The smallest absolute Gasteiger partial charge is 0.273 e. The van der Waals surface area contributed by atoms with Crippen LogP contribution in [0.15, 0.2) is 48.5 Å². The Hall–Kier alpha value is -3.28. The molecule has 0 spiro atoms. The molecule has 1 amide bonds. The number of fused-ring (bicyclic) bond motifs is 1. The Morgan fingerprint density at radius 3 is 2.38 bits per heavy atom. The molecule has 168 valence electrons. The van der Waals surface area contributed by atoms with Crippen molar-refractivity contribution < 1.29 is 14.3 Å². The van der Waals surface area contributed by atoms with Gasteiger partial charge < -0.3 is 14.4 Å². The molecule has 1 aromatic heterocycles. The average molecular weight is 434 g/mol. The van der Waals surface area contributed by atoms with E-state index in [-0.39, 0.29) is 11.9 Å². The third-order valence-electron chi connectivity index (χ3n) is 5.85. The number of nitrogens with zero attached hydrogens (tertiary/aromatic N) is 2. The second-order valence-corrected chi connectivity index (χ2v) is 8.59. The molecule has 4 rings (SSSR count). The van der Waals surface area contributed by atoms with Gasteiger partial charge in [0.05, 0.1) is 25.5 Å². The minimum Gasteiger partial charge on any atom is -0.497 e. The monoisotopic (exact) mass is 433 g/mol. The summed E-state index contributed by atoms with van der Waals surface area (Å²) in [6.07, 6.45) is 1.90. The van der Waals surface area contributed by atoms with Gasteiger partial charge in [-0.1, -0.05) is 32.9 Å². The molecular weight excluding hydrogens is 402 g/mol. The number of hydrogen-bond acceptors (Lipinski definition) is 4. The third kappa shape index (κ3) is 4.22. The van der Waals surface area contributed by atoms with Gasteiger partial charge in [-0.15, -0.1) is 0 Å². The van der Waals surface area contributed by atoms with Crippen LogP contribution in [0.4, 0.5) is 0 Å². The van der Waals surface area contributed by atoms with Gasteiger partial charge in [-0.05, 0) is 60.7 Å². The molecule has 0 radical (unpaired) electrons. The lowest BCUT2D eigenvalue weighted by Crippen LogP contribution is -2.30. The van der Waals surface area contributed by atoms with E-state index in [1.54, 1.807) is 7.11 Å². The number of aromatic amines is 1. The first-order valence-corrected chi connectivity index (χ1v) is 11.3. The number of H-pyrrole nitrogens is 1. The van der Waals surface area contributed by atoms with Crippen LogP contribution in [0.2, 0.25) is 0 Å². The number of methoxy groups -OCH3 is 1. The van der Waals surface area contributed by atoms with E-state index < -0.39 is 0 Å². The van der Waals surface area contributed by atoms with Crippen LogP contribution in [0.5, 0.6) is 11.5 Å². The van der Waals surface area contributed by atoms with Crippen LogP contribution in [-0.4, -0.2) is 41.3 Å². The number of ether oxygens (including phenoxy) is 2. The van der Waals surface area contributed by atoms with E-state index in [1.165, 1.54) is 0 Å². The molecule has 0 fully saturated rings. The van der Waals surface area contributed by atoms with E-state index in [9.17, 15) is 4.79 Å². The van der Waals surface area contributed by atoms with Crippen molar-refractivity contribution >= 4 is 5.91 Å². The van der Waals surface area contributed by atoms with Crippen molar-refractivity contribution in [2.24, 2.45) is 5.92 Å². The SMILES string of the molecule is CCCN1C(=O)c2[nH]nc(-c3ccc(OC)cc3)c2C1c1ccc(OCCC(C)C)cc1. The number of rotatable bonds is 9. The van der Waals surface area contributed by atoms with E-state index in [0.29, 0.717) is 24.8 Å². The lowest BCUT2D eigenvalue weighted by atomic mass is 9.96. The molecule has 6 heteroatoms. The molecule has 0 aliphatic carbocycles. The number of nitrogens with one attached hydrogen (secondary N) is 1. The Morgan fingerprint density at radius 2 is 1.75 bits per heavy atom. The molecule has 0 saturated heterocycles. The van der Waals surface area contributed by atoms with Crippen molar-refractivity contribution in [3.05, 3.63) is 65.4 Å². The standard InChI is InChI=1S/C26H31N3O3/c1-5-15-29-25(19-8-12-21(13-9-19)32-16-14-17(2)3)22-23(27-28-24(22)26(29)30)18-6-10-20(31-4)11-7-18/h6-13,17,25H,5,14-16H2,1-4H3,(H,27,28). The van der Waals surface area contributed by atoms with Gasteiger partial charge in [0, 0.05) is 17.7 Å². The van der Waals surface area contributed by atoms with Crippen molar-refractivity contribution in [3.8, 4) is 22.8 Å². The predicted octanol–water partition coefficient (Wildman–Crippen LogP) is 5.47. The molecular formula is C26H31N3O3. The van der Waals surface area contributed by atoms with Crippen molar-refractivity contribution in [1.29, 1.82) is 0 Å². The molecule has 1 aliphatic heterocycles. The topological polar surface area (TPSA) is 67.5 Å². The quantitative estimate of drug-likeness (QED) is 0.486. The Morgan fingerprint density at radius 1 is 1.06 bits per heavy atom. The zero-order valence-corrected chi connectivity index (χ0v) is 19.2. The average Bonchev–Trinajstić information content (AvgIpc) is 3.34. The fourth-order valence-electron chi connectivity index (χ4n) is 4.14. The molecule has 6 nitrogen and oxygen atoms in total. The van der Waals surface area contributed by atoms with Crippen LogP contribution in [0, 0.1) is 5.92 Å². The fourth-order valence-corrected chi connectivity index (χ4v) is 4.14. The van der Waals surface area contributed by atoms with Gasteiger partial charge in [0.1, 0.15) is 17.2 Å². The summed E-state index contributed by atoms with van der Waals surface area (Å²) in [7, 11) is 1.65. The normalized spacial score (nSPS) is 15.3. The molecule has 2 aromatic carbocycles. The molecule has 1 unspecified atom stereocenters. The Bertz CT molecular complexity index is 1050. The molecule has 2 heterocycles. The summed E-state index contributed by atoms with van der Waals surface area (Å²) in [6.45, 7) is 7.85. The number of benzene rings is 2. The fraction of sp³-hybridized carbons (Fsp3) is 0.385. The minimum absolute atomic E-state index is 0.00336. The van der Waals surface area contributed by atoms with Crippen molar-refractivity contribution in [3.63, 3.8) is 0 Å². The maximum Gasteiger partial charge on any atom is 0.273 e. The minimum atomic E-state index is -0.182. The first-order valence-electron chi connectivity index (χ1n) is 11.3.